The van der Waals surface area contributed by atoms with Crippen LogP contribution in [0.4, 0.5) is 39.9 Å². The lowest BCUT2D eigenvalue weighted by Crippen LogP contribution is -2.53. The highest BCUT2D eigenvalue weighted by Crippen LogP contribution is 2.39. The smallest absolute Gasteiger partial charge is 0.406 e. The Bertz CT molecular complexity index is 1290. The summed E-state index contributed by atoms with van der Waals surface area (Å²) >= 11 is 0. The van der Waals surface area contributed by atoms with E-state index in [2.05, 4.69) is 20.1 Å². The second kappa shape index (κ2) is 11.5. The van der Waals surface area contributed by atoms with Crippen molar-refractivity contribution in [3.05, 3.63) is 95.6 Å². The van der Waals surface area contributed by atoms with Gasteiger partial charge in [-0.3, -0.25) is 0 Å². The number of amides is 2. The fourth-order valence-electron chi connectivity index (χ4n) is 4.87. The van der Waals surface area contributed by atoms with Gasteiger partial charge in [-0.05, 0) is 47.4 Å². The number of rotatable bonds is 8. The molecular weight excluding hydrogens is 564 g/mol. The zero-order valence-electron chi connectivity index (χ0n) is 21.2. The maximum Gasteiger partial charge on any atom is 0.573 e. The van der Waals surface area contributed by atoms with Gasteiger partial charge in [-0.1, -0.05) is 54.6 Å². The molecule has 1 saturated carbocycles. The predicted molar refractivity (Wildman–Crippen MR) is 131 cm³/mol. The van der Waals surface area contributed by atoms with Crippen LogP contribution in [0.2, 0.25) is 0 Å². The molecule has 3 aromatic rings. The van der Waals surface area contributed by atoms with Gasteiger partial charge in [0.1, 0.15) is 11.5 Å². The lowest BCUT2D eigenvalue weighted by atomic mass is 9.77. The highest BCUT2D eigenvalue weighted by molar-refractivity contribution is 5.76. The summed E-state index contributed by atoms with van der Waals surface area (Å²) < 4.78 is 114. The van der Waals surface area contributed by atoms with Gasteiger partial charge in [0.05, 0.1) is 5.54 Å². The van der Waals surface area contributed by atoms with Crippen LogP contribution >= 0.6 is 0 Å². The molecular formula is C28H24F8N2O3. The van der Waals surface area contributed by atoms with E-state index in [1.54, 1.807) is 30.3 Å². The van der Waals surface area contributed by atoms with E-state index in [0.717, 1.165) is 24.3 Å². The molecule has 1 aliphatic carbocycles. The molecule has 2 N–H and O–H groups in total. The van der Waals surface area contributed by atoms with Gasteiger partial charge < -0.3 is 20.1 Å². The molecule has 5 nitrogen and oxygen atoms in total. The Balaban J connectivity index is 1.85. The lowest BCUT2D eigenvalue weighted by Gasteiger charge is -2.37. The van der Waals surface area contributed by atoms with E-state index in [4.69, 9.17) is 0 Å². The minimum absolute atomic E-state index is 0.0131. The van der Waals surface area contributed by atoms with Crippen molar-refractivity contribution in [2.75, 3.05) is 0 Å². The molecule has 0 bridgehead atoms. The molecule has 1 fully saturated rings. The lowest BCUT2D eigenvalue weighted by molar-refractivity contribution is -0.275. The second-order valence-electron chi connectivity index (χ2n) is 9.61. The van der Waals surface area contributed by atoms with E-state index in [9.17, 15) is 39.9 Å². The van der Waals surface area contributed by atoms with E-state index in [-0.39, 0.29) is 24.0 Å². The number of halogens is 8. The number of ether oxygens (including phenoxy) is 2. The first kappa shape index (κ1) is 29.9. The Morgan fingerprint density at radius 1 is 0.805 bits per heavy atom. The number of carbonyl (C=O) groups excluding carboxylic acids is 1. The largest absolute Gasteiger partial charge is 0.573 e. The van der Waals surface area contributed by atoms with Crippen LogP contribution in [0.5, 0.6) is 11.5 Å². The van der Waals surface area contributed by atoms with Crippen LogP contribution < -0.4 is 20.1 Å². The topological polar surface area (TPSA) is 59.6 Å². The fourth-order valence-corrected chi connectivity index (χ4v) is 4.87. The van der Waals surface area contributed by atoms with Gasteiger partial charge in [-0.2, -0.15) is 0 Å². The Hall–Kier alpha value is -4.03. The number of urea groups is 1. The first-order valence-corrected chi connectivity index (χ1v) is 12.4. The summed E-state index contributed by atoms with van der Waals surface area (Å²) in [5.74, 6) is -4.27. The van der Waals surface area contributed by atoms with Gasteiger partial charge in [-0.25, -0.2) is 13.6 Å². The third-order valence-electron chi connectivity index (χ3n) is 6.50. The quantitative estimate of drug-likeness (QED) is 0.269. The van der Waals surface area contributed by atoms with E-state index < -0.39 is 60.6 Å². The van der Waals surface area contributed by atoms with Crippen LogP contribution in [0.15, 0.2) is 78.9 Å². The van der Waals surface area contributed by atoms with Crippen LogP contribution in [-0.4, -0.2) is 30.7 Å². The first-order chi connectivity index (χ1) is 19.1. The van der Waals surface area contributed by atoms with Crippen LogP contribution in [0.1, 0.15) is 36.0 Å². The summed E-state index contributed by atoms with van der Waals surface area (Å²) in [4.78, 5) is 13.3. The van der Waals surface area contributed by atoms with Crippen molar-refractivity contribution in [1.29, 1.82) is 0 Å². The molecule has 220 valence electrons. The van der Waals surface area contributed by atoms with E-state index in [0.29, 0.717) is 5.56 Å². The molecule has 0 heterocycles. The average Bonchev–Trinajstić information content (AvgIpc) is 3.20. The molecule has 1 atom stereocenters. The molecule has 2 amide bonds. The second-order valence-corrected chi connectivity index (χ2v) is 9.61. The number of benzene rings is 3. The average molecular weight is 588 g/mol. The minimum Gasteiger partial charge on any atom is -0.406 e. The molecule has 1 aliphatic rings. The molecule has 41 heavy (non-hydrogen) atoms. The fraction of sp³-hybridized carbons (Fsp3) is 0.321. The number of alkyl halides is 8. The van der Waals surface area contributed by atoms with Crippen LogP contribution in [0.25, 0.3) is 0 Å². The van der Waals surface area contributed by atoms with E-state index in [1.165, 1.54) is 24.3 Å². The van der Waals surface area contributed by atoms with Crippen LogP contribution in [-0.2, 0) is 12.0 Å². The maximum atomic E-state index is 13.8. The molecule has 0 radical (unpaired) electrons. The van der Waals surface area contributed by atoms with Gasteiger partial charge in [0.2, 0.25) is 5.92 Å². The number of carbonyl (C=O) groups is 1. The summed E-state index contributed by atoms with van der Waals surface area (Å²) in [5, 5.41) is 5.15. The van der Waals surface area contributed by atoms with Crippen molar-refractivity contribution in [2.45, 2.75) is 55.9 Å². The molecule has 13 heteroatoms. The zero-order chi connectivity index (χ0) is 29.9. The van der Waals surface area contributed by atoms with Crippen molar-refractivity contribution < 1.29 is 49.4 Å². The first-order valence-electron chi connectivity index (χ1n) is 12.4. The van der Waals surface area contributed by atoms with Gasteiger partial charge in [0.25, 0.3) is 0 Å². The summed E-state index contributed by atoms with van der Waals surface area (Å²) in [6.45, 7) is 0. The van der Waals surface area contributed by atoms with Crippen molar-refractivity contribution in [2.24, 2.45) is 0 Å². The molecule has 1 unspecified atom stereocenters. The Kier molecular flexibility index (Phi) is 8.36. The molecule has 3 aromatic carbocycles. The molecule has 0 aromatic heterocycles. The van der Waals surface area contributed by atoms with Gasteiger partial charge >= 0.3 is 18.8 Å². The molecule has 0 spiro atoms. The summed E-state index contributed by atoms with van der Waals surface area (Å²) in [5.41, 5.74) is -1.24. The van der Waals surface area contributed by atoms with E-state index in [1.807, 2.05) is 0 Å². The summed E-state index contributed by atoms with van der Waals surface area (Å²) in [7, 11) is 0. The SMILES string of the molecule is O=C(NC1CCC(F)(F)C1)NC(Cc1ccccc1)(c1cccc(OC(F)(F)F)c1)c1cccc(OC(F)(F)F)c1. The predicted octanol–water partition coefficient (Wildman–Crippen LogP) is 7.46. The highest BCUT2D eigenvalue weighted by Gasteiger charge is 2.42. The Morgan fingerprint density at radius 3 is 1.80 bits per heavy atom. The normalized spacial score (nSPS) is 17.1. The van der Waals surface area contributed by atoms with Crippen LogP contribution in [0.3, 0.4) is 0 Å². The Labute approximate surface area is 229 Å². The molecule has 4 rings (SSSR count). The monoisotopic (exact) mass is 588 g/mol. The zero-order valence-corrected chi connectivity index (χ0v) is 21.2. The summed E-state index contributed by atoms with van der Waals surface area (Å²) in [6.07, 6.45) is -11.3. The third-order valence-corrected chi connectivity index (χ3v) is 6.50. The van der Waals surface area contributed by atoms with Gasteiger partial charge in [0.15, 0.2) is 0 Å². The van der Waals surface area contributed by atoms with Crippen molar-refractivity contribution in [1.82, 2.24) is 10.6 Å². The molecule has 0 saturated heterocycles. The molecule has 0 aliphatic heterocycles. The third kappa shape index (κ3) is 8.24. The van der Waals surface area contributed by atoms with Crippen LogP contribution in [0, 0.1) is 0 Å². The van der Waals surface area contributed by atoms with E-state index >= 15 is 0 Å². The van der Waals surface area contributed by atoms with Crippen molar-refractivity contribution in [3.8, 4) is 11.5 Å². The minimum atomic E-state index is -5.06. The Morgan fingerprint density at radius 2 is 1.34 bits per heavy atom. The van der Waals surface area contributed by atoms with Crippen molar-refractivity contribution in [3.63, 3.8) is 0 Å². The standard InChI is InChI=1S/C28H24F8N2O3/c29-25(30)13-12-21(17-25)37-24(39)38-26(16-18-6-2-1-3-7-18,19-8-4-10-22(14-19)40-27(31,32)33)20-9-5-11-23(15-20)41-28(34,35)36/h1-11,14-15,21H,12-13,16-17H2,(H2,37,38,39). The maximum absolute atomic E-state index is 13.8. The number of nitrogens with one attached hydrogen (secondary N) is 2. The van der Waals surface area contributed by atoms with Gasteiger partial charge in [-0.15, -0.1) is 26.3 Å². The van der Waals surface area contributed by atoms with Crippen molar-refractivity contribution >= 4 is 6.03 Å². The number of hydrogen-bond donors (Lipinski definition) is 2. The number of hydrogen-bond acceptors (Lipinski definition) is 3. The summed E-state index contributed by atoms with van der Waals surface area (Å²) in [6, 6.07) is 15.7. The van der Waals surface area contributed by atoms with Gasteiger partial charge in [0, 0.05) is 25.3 Å². The highest BCUT2D eigenvalue weighted by atomic mass is 19.4.